The van der Waals surface area contributed by atoms with Gasteiger partial charge in [0.05, 0.1) is 11.1 Å². The summed E-state index contributed by atoms with van der Waals surface area (Å²) in [7, 11) is 0. The lowest BCUT2D eigenvalue weighted by Gasteiger charge is -2.15. The largest absolute Gasteiger partial charge is 0.333 e. The van der Waals surface area contributed by atoms with E-state index in [1.807, 2.05) is 73.0 Å². The number of carbonyl (C=O) groups excluding carboxylic acids is 1. The third-order valence-corrected chi connectivity index (χ3v) is 6.26. The standard InChI is InChI=1S/C23H19N3O2S/c1-15-7-9-16(10-8-15)20-25-21(28-26-20)19-18(11-14-29-19)24-22(27)23(12-13-23)17-5-3-2-4-6-17/h2-11,14H,12-13H2,1H3,(H,24,27). The van der Waals surface area contributed by atoms with E-state index in [1.54, 1.807) is 0 Å². The van der Waals surface area contributed by atoms with Crippen LogP contribution in [0.5, 0.6) is 0 Å². The highest BCUT2D eigenvalue weighted by atomic mass is 32.1. The Kier molecular flexibility index (Phi) is 4.28. The molecule has 5 nitrogen and oxygen atoms in total. The van der Waals surface area contributed by atoms with Crippen LogP contribution in [0.3, 0.4) is 0 Å². The molecule has 4 aromatic rings. The molecule has 1 amide bonds. The monoisotopic (exact) mass is 401 g/mol. The van der Waals surface area contributed by atoms with E-state index in [-0.39, 0.29) is 5.91 Å². The van der Waals surface area contributed by atoms with Gasteiger partial charge in [-0.25, -0.2) is 0 Å². The second kappa shape index (κ2) is 6.97. The highest BCUT2D eigenvalue weighted by molar-refractivity contribution is 7.14. The van der Waals surface area contributed by atoms with Gasteiger partial charge in [0, 0.05) is 5.56 Å². The Balaban J connectivity index is 1.39. The zero-order chi connectivity index (χ0) is 19.8. The maximum absolute atomic E-state index is 13.1. The zero-order valence-electron chi connectivity index (χ0n) is 15.9. The molecule has 1 N–H and O–H groups in total. The summed E-state index contributed by atoms with van der Waals surface area (Å²) in [5, 5.41) is 9.12. The Morgan fingerprint density at radius 2 is 1.83 bits per heavy atom. The molecule has 144 valence electrons. The summed E-state index contributed by atoms with van der Waals surface area (Å²) in [4.78, 5) is 18.4. The van der Waals surface area contributed by atoms with Crippen LogP contribution >= 0.6 is 11.3 Å². The maximum Gasteiger partial charge on any atom is 0.270 e. The van der Waals surface area contributed by atoms with Crippen LogP contribution in [0.4, 0.5) is 5.69 Å². The Hall–Kier alpha value is -3.25. The number of amides is 1. The molecule has 6 heteroatoms. The fourth-order valence-electron chi connectivity index (χ4n) is 3.48. The zero-order valence-corrected chi connectivity index (χ0v) is 16.7. The predicted molar refractivity (Wildman–Crippen MR) is 114 cm³/mol. The molecule has 2 aromatic carbocycles. The molecule has 1 fully saturated rings. The van der Waals surface area contributed by atoms with Gasteiger partial charge in [0.15, 0.2) is 0 Å². The number of rotatable bonds is 5. The normalized spacial score (nSPS) is 14.5. The first-order valence-corrected chi connectivity index (χ1v) is 10.4. The van der Waals surface area contributed by atoms with Gasteiger partial charge in [-0.1, -0.05) is 65.3 Å². The summed E-state index contributed by atoms with van der Waals surface area (Å²) in [6, 6.07) is 19.8. The minimum Gasteiger partial charge on any atom is -0.333 e. The average Bonchev–Trinajstić information content (AvgIpc) is 3.20. The smallest absolute Gasteiger partial charge is 0.270 e. The van der Waals surface area contributed by atoms with Crippen LogP contribution in [0.15, 0.2) is 70.6 Å². The van der Waals surface area contributed by atoms with Crippen molar-refractivity contribution in [2.45, 2.75) is 25.2 Å². The molecule has 5 rings (SSSR count). The van der Waals surface area contributed by atoms with Crippen molar-refractivity contribution in [2.75, 3.05) is 5.32 Å². The maximum atomic E-state index is 13.1. The van der Waals surface area contributed by atoms with E-state index >= 15 is 0 Å². The van der Waals surface area contributed by atoms with Crippen LogP contribution in [0.1, 0.15) is 24.0 Å². The molecule has 0 radical (unpaired) electrons. The van der Waals surface area contributed by atoms with Gasteiger partial charge in [-0.15, -0.1) is 11.3 Å². The second-order valence-corrected chi connectivity index (χ2v) is 8.27. The van der Waals surface area contributed by atoms with Gasteiger partial charge in [-0.05, 0) is 36.8 Å². The number of thiophene rings is 1. The number of hydrogen-bond donors (Lipinski definition) is 1. The van der Waals surface area contributed by atoms with Crippen molar-refractivity contribution in [1.29, 1.82) is 0 Å². The molecule has 0 saturated heterocycles. The van der Waals surface area contributed by atoms with Gasteiger partial charge in [-0.3, -0.25) is 4.79 Å². The molecule has 29 heavy (non-hydrogen) atoms. The number of anilines is 1. The Morgan fingerprint density at radius 1 is 1.07 bits per heavy atom. The molecular formula is C23H19N3O2S. The highest BCUT2D eigenvalue weighted by Crippen LogP contribution is 2.49. The lowest BCUT2D eigenvalue weighted by molar-refractivity contribution is -0.118. The fraction of sp³-hybridized carbons (Fsp3) is 0.174. The lowest BCUT2D eigenvalue weighted by atomic mass is 9.95. The van der Waals surface area contributed by atoms with Crippen molar-refractivity contribution in [1.82, 2.24) is 10.1 Å². The molecule has 1 aliphatic rings. The van der Waals surface area contributed by atoms with Crippen LogP contribution in [-0.4, -0.2) is 16.0 Å². The number of nitrogens with zero attached hydrogens (tertiary/aromatic N) is 2. The van der Waals surface area contributed by atoms with Gasteiger partial charge in [0.25, 0.3) is 5.89 Å². The van der Waals surface area contributed by atoms with Crippen molar-refractivity contribution in [3.05, 3.63) is 77.2 Å². The molecule has 0 aliphatic heterocycles. The first-order chi connectivity index (χ1) is 14.2. The van der Waals surface area contributed by atoms with E-state index < -0.39 is 5.41 Å². The quantitative estimate of drug-likeness (QED) is 0.483. The summed E-state index contributed by atoms with van der Waals surface area (Å²) < 4.78 is 5.50. The van der Waals surface area contributed by atoms with Crippen molar-refractivity contribution in [3.8, 4) is 22.2 Å². The van der Waals surface area contributed by atoms with Gasteiger partial charge >= 0.3 is 0 Å². The predicted octanol–water partition coefficient (Wildman–Crippen LogP) is 5.44. The molecule has 2 heterocycles. The molecule has 0 spiro atoms. The van der Waals surface area contributed by atoms with Crippen LogP contribution in [0.25, 0.3) is 22.2 Å². The summed E-state index contributed by atoms with van der Waals surface area (Å²) in [5.41, 5.74) is 3.42. The van der Waals surface area contributed by atoms with Crippen molar-refractivity contribution in [2.24, 2.45) is 0 Å². The number of aromatic nitrogens is 2. The Labute approximate surface area is 172 Å². The molecule has 1 aliphatic carbocycles. The molecule has 0 unspecified atom stereocenters. The Bertz CT molecular complexity index is 1160. The highest BCUT2D eigenvalue weighted by Gasteiger charge is 2.51. The van der Waals surface area contributed by atoms with E-state index in [0.29, 0.717) is 17.4 Å². The van der Waals surface area contributed by atoms with E-state index in [2.05, 4.69) is 15.5 Å². The third kappa shape index (κ3) is 3.25. The van der Waals surface area contributed by atoms with Gasteiger partial charge < -0.3 is 9.84 Å². The van der Waals surface area contributed by atoms with E-state index in [0.717, 1.165) is 28.8 Å². The lowest BCUT2D eigenvalue weighted by Crippen LogP contribution is -2.27. The van der Waals surface area contributed by atoms with Crippen molar-refractivity contribution < 1.29 is 9.32 Å². The SMILES string of the molecule is Cc1ccc(-c2noc(-c3sccc3NC(=O)C3(c4ccccc4)CC3)n2)cc1. The minimum absolute atomic E-state index is 0.0154. The van der Waals surface area contributed by atoms with E-state index in [1.165, 1.54) is 16.9 Å². The molecule has 0 bridgehead atoms. The second-order valence-electron chi connectivity index (χ2n) is 7.35. The van der Waals surface area contributed by atoms with Gasteiger partial charge in [0.2, 0.25) is 11.7 Å². The third-order valence-electron chi connectivity index (χ3n) is 5.35. The minimum atomic E-state index is -0.428. The Morgan fingerprint density at radius 3 is 2.55 bits per heavy atom. The fourth-order valence-corrected chi connectivity index (χ4v) is 4.25. The topological polar surface area (TPSA) is 68.0 Å². The number of aryl methyl sites for hydroxylation is 1. The van der Waals surface area contributed by atoms with Crippen LogP contribution in [0.2, 0.25) is 0 Å². The number of benzene rings is 2. The molecule has 0 atom stereocenters. The average molecular weight is 401 g/mol. The van der Waals surface area contributed by atoms with Crippen LogP contribution < -0.4 is 5.32 Å². The van der Waals surface area contributed by atoms with E-state index in [9.17, 15) is 4.79 Å². The van der Waals surface area contributed by atoms with Gasteiger partial charge in [-0.2, -0.15) is 4.98 Å². The van der Waals surface area contributed by atoms with Crippen molar-refractivity contribution >= 4 is 22.9 Å². The number of carbonyl (C=O) groups is 1. The van der Waals surface area contributed by atoms with Crippen molar-refractivity contribution in [3.63, 3.8) is 0 Å². The first-order valence-electron chi connectivity index (χ1n) is 9.51. The first kappa shape index (κ1) is 17.8. The number of hydrogen-bond acceptors (Lipinski definition) is 5. The van der Waals surface area contributed by atoms with Gasteiger partial charge in [0.1, 0.15) is 4.88 Å². The molecule has 2 aromatic heterocycles. The van der Waals surface area contributed by atoms with E-state index in [4.69, 9.17) is 4.52 Å². The summed E-state index contributed by atoms with van der Waals surface area (Å²) in [6.45, 7) is 2.04. The molecular weight excluding hydrogens is 382 g/mol. The summed E-state index contributed by atoms with van der Waals surface area (Å²) in [5.74, 6) is 0.964. The summed E-state index contributed by atoms with van der Waals surface area (Å²) >= 11 is 1.47. The molecule has 1 saturated carbocycles. The van der Waals surface area contributed by atoms with Crippen LogP contribution in [0, 0.1) is 6.92 Å². The summed E-state index contributed by atoms with van der Waals surface area (Å²) in [6.07, 6.45) is 1.72. The number of nitrogens with one attached hydrogen (secondary N) is 1. The van der Waals surface area contributed by atoms with Crippen LogP contribution in [-0.2, 0) is 10.2 Å².